The highest BCUT2D eigenvalue weighted by molar-refractivity contribution is 6.04. The molecule has 0 atom stereocenters. The molecule has 0 aliphatic heterocycles. The summed E-state index contributed by atoms with van der Waals surface area (Å²) in [5.41, 5.74) is -0.660. The van der Waals surface area contributed by atoms with Crippen molar-refractivity contribution in [1.82, 2.24) is 9.38 Å². The maximum atomic E-state index is 13.6. The fraction of sp³-hybridized carbons (Fsp3) is 0.0952. The largest absolute Gasteiger partial charge is 0.472 e. The van der Waals surface area contributed by atoms with E-state index >= 15 is 0 Å². The van der Waals surface area contributed by atoms with Gasteiger partial charge < -0.3 is 15.1 Å². The standard InChI is InChI=1S/C21H15F3N4O3/c22-21(23,24)16-9-14(27-20(30)13-6-8-31-12-13)4-5-17(16)25-11-15-10-19(29)28-7-2-1-3-18(28)26-15/h1-10,12,25H,11H2,(H,27,30). The molecule has 0 saturated heterocycles. The Labute approximate surface area is 173 Å². The van der Waals surface area contributed by atoms with Crippen LogP contribution in [0.2, 0.25) is 0 Å². The molecule has 7 nitrogen and oxygen atoms in total. The van der Waals surface area contributed by atoms with Gasteiger partial charge in [0.2, 0.25) is 0 Å². The smallest absolute Gasteiger partial charge is 0.418 e. The molecule has 3 aromatic heterocycles. The number of halogens is 3. The van der Waals surface area contributed by atoms with Crippen LogP contribution < -0.4 is 16.2 Å². The SMILES string of the molecule is O=C(Nc1ccc(NCc2cc(=O)n3ccccc3n2)c(C(F)(F)F)c1)c1ccoc1. The normalized spacial score (nSPS) is 11.5. The van der Waals surface area contributed by atoms with Gasteiger partial charge in [0.05, 0.1) is 29.6 Å². The Bertz CT molecular complexity index is 1300. The number of rotatable bonds is 5. The van der Waals surface area contributed by atoms with Crippen LogP contribution >= 0.6 is 0 Å². The number of benzene rings is 1. The zero-order chi connectivity index (χ0) is 22.0. The number of carbonyl (C=O) groups excluding carboxylic acids is 1. The second-order valence-electron chi connectivity index (χ2n) is 6.59. The van der Waals surface area contributed by atoms with Gasteiger partial charge in [-0.15, -0.1) is 0 Å². The van der Waals surface area contributed by atoms with Crippen LogP contribution in [0.25, 0.3) is 5.65 Å². The van der Waals surface area contributed by atoms with Gasteiger partial charge >= 0.3 is 6.18 Å². The fourth-order valence-corrected chi connectivity index (χ4v) is 2.99. The van der Waals surface area contributed by atoms with Gasteiger partial charge in [0, 0.05) is 23.6 Å². The lowest BCUT2D eigenvalue weighted by molar-refractivity contribution is -0.136. The molecule has 0 spiro atoms. The Kier molecular flexibility index (Phi) is 5.20. The maximum absolute atomic E-state index is 13.6. The van der Waals surface area contributed by atoms with Crippen LogP contribution in [-0.4, -0.2) is 15.3 Å². The van der Waals surface area contributed by atoms with Gasteiger partial charge in [-0.05, 0) is 36.4 Å². The Hall–Kier alpha value is -4.08. The van der Waals surface area contributed by atoms with Gasteiger partial charge in [-0.25, -0.2) is 4.98 Å². The number of hydrogen-bond acceptors (Lipinski definition) is 5. The molecular weight excluding hydrogens is 413 g/mol. The minimum Gasteiger partial charge on any atom is -0.472 e. The van der Waals surface area contributed by atoms with Gasteiger partial charge in [0.1, 0.15) is 11.9 Å². The second kappa shape index (κ2) is 7.98. The number of nitrogens with one attached hydrogen (secondary N) is 2. The lowest BCUT2D eigenvalue weighted by atomic mass is 10.1. The first-order valence-electron chi connectivity index (χ1n) is 9.07. The molecule has 158 valence electrons. The van der Waals surface area contributed by atoms with Crippen molar-refractivity contribution >= 4 is 22.9 Å². The number of pyridine rings is 1. The predicted molar refractivity (Wildman–Crippen MR) is 107 cm³/mol. The predicted octanol–water partition coefficient (Wildman–Crippen LogP) is 4.17. The highest BCUT2D eigenvalue weighted by Crippen LogP contribution is 2.36. The summed E-state index contributed by atoms with van der Waals surface area (Å²) in [6.07, 6.45) is -0.639. The zero-order valence-corrected chi connectivity index (χ0v) is 15.8. The molecule has 0 aliphatic rings. The lowest BCUT2D eigenvalue weighted by Gasteiger charge is -2.16. The van der Waals surface area contributed by atoms with Gasteiger partial charge in [-0.1, -0.05) is 6.07 Å². The average molecular weight is 428 g/mol. The molecule has 3 heterocycles. The number of amides is 1. The van der Waals surface area contributed by atoms with E-state index in [0.717, 1.165) is 6.07 Å². The third kappa shape index (κ3) is 4.42. The van der Waals surface area contributed by atoms with E-state index in [9.17, 15) is 22.8 Å². The van der Waals surface area contributed by atoms with Crippen molar-refractivity contribution in [3.63, 3.8) is 0 Å². The van der Waals surface area contributed by atoms with E-state index in [2.05, 4.69) is 15.6 Å². The van der Waals surface area contributed by atoms with E-state index in [1.165, 1.54) is 41.2 Å². The third-order valence-corrected chi connectivity index (χ3v) is 4.45. The number of fused-ring (bicyclic) bond motifs is 1. The minimum absolute atomic E-state index is 0.0221. The fourth-order valence-electron chi connectivity index (χ4n) is 2.99. The summed E-state index contributed by atoms with van der Waals surface area (Å²) >= 11 is 0. The summed E-state index contributed by atoms with van der Waals surface area (Å²) < 4.78 is 46.9. The summed E-state index contributed by atoms with van der Waals surface area (Å²) in [7, 11) is 0. The topological polar surface area (TPSA) is 88.6 Å². The molecule has 31 heavy (non-hydrogen) atoms. The van der Waals surface area contributed by atoms with Crippen molar-refractivity contribution in [2.24, 2.45) is 0 Å². The van der Waals surface area contributed by atoms with Crippen molar-refractivity contribution in [2.75, 3.05) is 10.6 Å². The number of hydrogen-bond donors (Lipinski definition) is 2. The summed E-state index contributed by atoms with van der Waals surface area (Å²) in [6, 6.07) is 11.1. The number of aromatic nitrogens is 2. The molecule has 10 heteroatoms. The van der Waals surface area contributed by atoms with Crippen LogP contribution in [0, 0.1) is 0 Å². The Morgan fingerprint density at radius 2 is 1.97 bits per heavy atom. The Morgan fingerprint density at radius 3 is 2.71 bits per heavy atom. The van der Waals surface area contributed by atoms with Gasteiger partial charge in [0.15, 0.2) is 0 Å². The van der Waals surface area contributed by atoms with Gasteiger partial charge in [0.25, 0.3) is 11.5 Å². The quantitative estimate of drug-likeness (QED) is 0.498. The number of nitrogens with zero attached hydrogens (tertiary/aromatic N) is 2. The van der Waals surface area contributed by atoms with Gasteiger partial charge in [-0.2, -0.15) is 13.2 Å². The molecule has 0 aliphatic carbocycles. The molecule has 0 saturated carbocycles. The summed E-state index contributed by atoms with van der Waals surface area (Å²) in [6.45, 7) is -0.0928. The van der Waals surface area contributed by atoms with E-state index in [-0.39, 0.29) is 29.0 Å². The highest BCUT2D eigenvalue weighted by Gasteiger charge is 2.34. The van der Waals surface area contributed by atoms with Crippen LogP contribution in [0.3, 0.4) is 0 Å². The van der Waals surface area contributed by atoms with Crippen LogP contribution in [0.5, 0.6) is 0 Å². The highest BCUT2D eigenvalue weighted by atomic mass is 19.4. The maximum Gasteiger partial charge on any atom is 0.418 e. The first-order chi connectivity index (χ1) is 14.8. The molecule has 1 aromatic carbocycles. The van der Waals surface area contributed by atoms with Crippen LogP contribution in [0.15, 0.2) is 76.5 Å². The van der Waals surface area contributed by atoms with Gasteiger partial charge in [-0.3, -0.25) is 14.0 Å². The van der Waals surface area contributed by atoms with Crippen molar-refractivity contribution in [3.05, 3.63) is 94.4 Å². The number of anilines is 2. The van der Waals surface area contributed by atoms with Crippen LogP contribution in [0.1, 0.15) is 21.6 Å². The summed E-state index contributed by atoms with van der Waals surface area (Å²) in [5.74, 6) is -0.594. The van der Waals surface area contributed by atoms with E-state index in [1.807, 2.05) is 0 Å². The molecule has 4 rings (SSSR count). The van der Waals surface area contributed by atoms with Crippen molar-refractivity contribution in [3.8, 4) is 0 Å². The molecule has 4 aromatic rings. The lowest BCUT2D eigenvalue weighted by Crippen LogP contribution is -2.17. The van der Waals surface area contributed by atoms with E-state index in [0.29, 0.717) is 11.3 Å². The van der Waals surface area contributed by atoms with E-state index < -0.39 is 17.6 Å². The third-order valence-electron chi connectivity index (χ3n) is 4.45. The molecule has 0 unspecified atom stereocenters. The van der Waals surface area contributed by atoms with Crippen LogP contribution in [0.4, 0.5) is 24.5 Å². The monoisotopic (exact) mass is 428 g/mol. The van der Waals surface area contributed by atoms with Crippen LogP contribution in [-0.2, 0) is 12.7 Å². The average Bonchev–Trinajstić information content (AvgIpc) is 3.27. The zero-order valence-electron chi connectivity index (χ0n) is 15.8. The van der Waals surface area contributed by atoms with Crippen molar-refractivity contribution < 1.29 is 22.4 Å². The Balaban J connectivity index is 1.58. The molecule has 0 fully saturated rings. The Morgan fingerprint density at radius 1 is 1.13 bits per heavy atom. The summed E-state index contributed by atoms with van der Waals surface area (Å²) in [4.78, 5) is 28.5. The molecule has 1 amide bonds. The number of alkyl halides is 3. The second-order valence-corrected chi connectivity index (χ2v) is 6.59. The number of carbonyl (C=O) groups is 1. The molecular formula is C21H15F3N4O3. The van der Waals surface area contributed by atoms with E-state index in [4.69, 9.17) is 4.42 Å². The van der Waals surface area contributed by atoms with Crippen molar-refractivity contribution in [1.29, 1.82) is 0 Å². The minimum atomic E-state index is -4.67. The first kappa shape index (κ1) is 20.2. The van der Waals surface area contributed by atoms with E-state index in [1.54, 1.807) is 24.4 Å². The summed E-state index contributed by atoms with van der Waals surface area (Å²) in [5, 5.41) is 5.08. The molecule has 2 N–H and O–H groups in total. The molecule has 0 radical (unpaired) electrons. The number of furan rings is 1. The first-order valence-corrected chi connectivity index (χ1v) is 9.07. The van der Waals surface area contributed by atoms with Crippen molar-refractivity contribution in [2.45, 2.75) is 12.7 Å². The molecule has 0 bridgehead atoms.